The molecular formula is C28H28O5. The van der Waals surface area contributed by atoms with Gasteiger partial charge in [-0.1, -0.05) is 47.9 Å². The van der Waals surface area contributed by atoms with Crippen LogP contribution >= 0.6 is 0 Å². The van der Waals surface area contributed by atoms with Crippen LogP contribution in [0, 0.1) is 23.7 Å². The molecule has 2 aromatic carbocycles. The molecular weight excluding hydrogens is 416 g/mol. The van der Waals surface area contributed by atoms with Gasteiger partial charge in [0.05, 0.1) is 39.6 Å². The minimum Gasteiger partial charge on any atom is -0.491 e. The van der Waals surface area contributed by atoms with Crippen molar-refractivity contribution in [3.05, 3.63) is 59.7 Å². The second-order valence-electron chi connectivity index (χ2n) is 7.44. The van der Waals surface area contributed by atoms with Crippen LogP contribution in [0.4, 0.5) is 0 Å². The zero-order valence-corrected chi connectivity index (χ0v) is 18.7. The highest BCUT2D eigenvalue weighted by atomic mass is 16.6. The standard InChI is InChI=1S/C28H28O5/c1-2-4-6-10-24-12-8-14-26-28(24)27-23(9-5-3-1)11-7-13-25(27)32-21-19-30-17-15-29-16-18-31-20-22-33-26/h1-2,7-8,11-14H,9-10,15-22H2. The van der Waals surface area contributed by atoms with Crippen LogP contribution < -0.4 is 9.47 Å². The van der Waals surface area contributed by atoms with Gasteiger partial charge < -0.3 is 23.7 Å². The topological polar surface area (TPSA) is 46.2 Å². The zero-order chi connectivity index (χ0) is 22.6. The molecule has 0 bridgehead atoms. The predicted molar refractivity (Wildman–Crippen MR) is 127 cm³/mol. The Morgan fingerprint density at radius 1 is 0.515 bits per heavy atom. The van der Waals surface area contributed by atoms with Crippen molar-refractivity contribution in [2.75, 3.05) is 52.9 Å². The summed E-state index contributed by atoms with van der Waals surface area (Å²) in [6.07, 6.45) is 4.77. The van der Waals surface area contributed by atoms with E-state index in [4.69, 9.17) is 23.7 Å². The molecule has 33 heavy (non-hydrogen) atoms. The van der Waals surface area contributed by atoms with Crippen LogP contribution in [-0.4, -0.2) is 52.9 Å². The molecule has 5 nitrogen and oxygen atoms in total. The van der Waals surface area contributed by atoms with E-state index in [1.807, 2.05) is 24.3 Å². The van der Waals surface area contributed by atoms with Crippen molar-refractivity contribution in [1.82, 2.24) is 0 Å². The number of hydrogen-bond acceptors (Lipinski definition) is 5. The maximum Gasteiger partial charge on any atom is 0.127 e. The largest absolute Gasteiger partial charge is 0.491 e. The third-order valence-electron chi connectivity index (χ3n) is 5.20. The molecule has 0 fully saturated rings. The third kappa shape index (κ3) is 6.63. The maximum atomic E-state index is 6.22. The van der Waals surface area contributed by atoms with E-state index in [9.17, 15) is 0 Å². The quantitative estimate of drug-likeness (QED) is 0.578. The number of allylic oxidation sites excluding steroid dienone is 2. The summed E-state index contributed by atoms with van der Waals surface area (Å²) < 4.78 is 29.3. The average Bonchev–Trinajstić information content (AvgIpc) is 2.83. The van der Waals surface area contributed by atoms with Crippen molar-refractivity contribution in [3.8, 4) is 46.3 Å². The molecule has 0 amide bonds. The molecule has 0 atom stereocenters. The van der Waals surface area contributed by atoms with E-state index in [0.29, 0.717) is 65.7 Å². The average molecular weight is 445 g/mol. The summed E-state index contributed by atoms with van der Waals surface area (Å²) in [6, 6.07) is 12.2. The SMILES string of the molecule is C1#CCc2cccc3c2-c2c(cccc2OCCOCCOCCOCCO3)CC#CC=C1. The lowest BCUT2D eigenvalue weighted by atomic mass is 9.91. The fourth-order valence-electron chi connectivity index (χ4n) is 3.71. The van der Waals surface area contributed by atoms with Crippen LogP contribution in [0.5, 0.6) is 11.5 Å². The Bertz CT molecular complexity index is 995. The van der Waals surface area contributed by atoms with Crippen molar-refractivity contribution in [3.63, 3.8) is 0 Å². The van der Waals surface area contributed by atoms with Gasteiger partial charge in [0.1, 0.15) is 24.7 Å². The lowest BCUT2D eigenvalue weighted by Crippen LogP contribution is -2.14. The van der Waals surface area contributed by atoms with E-state index in [-0.39, 0.29) is 0 Å². The Kier molecular flexibility index (Phi) is 8.85. The molecule has 2 aromatic rings. The van der Waals surface area contributed by atoms with Crippen LogP contribution in [0.25, 0.3) is 11.1 Å². The van der Waals surface area contributed by atoms with E-state index in [0.717, 1.165) is 33.8 Å². The van der Waals surface area contributed by atoms with E-state index in [2.05, 4.69) is 35.8 Å². The van der Waals surface area contributed by atoms with Gasteiger partial charge in [-0.15, -0.1) is 0 Å². The molecule has 2 aliphatic rings. The summed E-state index contributed by atoms with van der Waals surface area (Å²) in [5.74, 6) is 14.2. The lowest BCUT2D eigenvalue weighted by molar-refractivity contribution is 0.00519. The molecule has 1 heterocycles. The highest BCUT2D eigenvalue weighted by molar-refractivity contribution is 5.82. The number of benzene rings is 2. The minimum atomic E-state index is 0.437. The highest BCUT2D eigenvalue weighted by Crippen LogP contribution is 2.42. The summed E-state index contributed by atoms with van der Waals surface area (Å²) in [4.78, 5) is 0. The second kappa shape index (κ2) is 12.7. The van der Waals surface area contributed by atoms with Crippen molar-refractivity contribution in [2.24, 2.45) is 0 Å². The van der Waals surface area contributed by atoms with Crippen LogP contribution in [0.2, 0.25) is 0 Å². The molecule has 0 N–H and O–H groups in total. The molecule has 4 rings (SSSR count). The van der Waals surface area contributed by atoms with E-state index >= 15 is 0 Å². The molecule has 0 aromatic heterocycles. The Morgan fingerprint density at radius 3 is 1.39 bits per heavy atom. The van der Waals surface area contributed by atoms with Crippen molar-refractivity contribution in [2.45, 2.75) is 12.8 Å². The molecule has 0 radical (unpaired) electrons. The van der Waals surface area contributed by atoms with Crippen LogP contribution in [0.15, 0.2) is 48.6 Å². The van der Waals surface area contributed by atoms with Gasteiger partial charge in [-0.3, -0.25) is 0 Å². The molecule has 0 saturated carbocycles. The van der Waals surface area contributed by atoms with Gasteiger partial charge in [0.15, 0.2) is 0 Å². The van der Waals surface area contributed by atoms with E-state index in [1.165, 1.54) is 0 Å². The first kappa shape index (κ1) is 23.0. The zero-order valence-electron chi connectivity index (χ0n) is 18.7. The first-order valence-corrected chi connectivity index (χ1v) is 11.3. The first-order valence-electron chi connectivity index (χ1n) is 11.3. The lowest BCUT2D eigenvalue weighted by Gasteiger charge is -2.20. The first-order chi connectivity index (χ1) is 16.4. The van der Waals surface area contributed by atoms with Gasteiger partial charge in [0, 0.05) is 24.0 Å². The molecule has 0 saturated heterocycles. The van der Waals surface area contributed by atoms with Gasteiger partial charge in [0.25, 0.3) is 0 Å². The summed E-state index contributed by atoms with van der Waals surface area (Å²) in [5, 5.41) is 0. The fraction of sp³-hybridized carbons (Fsp3) is 0.357. The van der Waals surface area contributed by atoms with E-state index in [1.54, 1.807) is 12.2 Å². The molecule has 170 valence electrons. The number of ether oxygens (including phenoxy) is 5. The Balaban J connectivity index is 1.78. The van der Waals surface area contributed by atoms with Crippen LogP contribution in [0.1, 0.15) is 11.1 Å². The molecule has 1 aliphatic carbocycles. The summed E-state index contributed by atoms with van der Waals surface area (Å²) in [6.45, 7) is 3.93. The normalized spacial score (nSPS) is 17.1. The second-order valence-corrected chi connectivity index (χ2v) is 7.44. The summed E-state index contributed by atoms with van der Waals surface area (Å²) in [7, 11) is 0. The molecule has 5 heteroatoms. The van der Waals surface area contributed by atoms with Gasteiger partial charge >= 0.3 is 0 Å². The Hall–Kier alpha value is -3.22. The summed E-state index contributed by atoms with van der Waals surface area (Å²) in [5.41, 5.74) is 4.17. The van der Waals surface area contributed by atoms with Gasteiger partial charge in [-0.05, 0) is 35.4 Å². The Morgan fingerprint density at radius 2 is 0.939 bits per heavy atom. The third-order valence-corrected chi connectivity index (χ3v) is 5.20. The minimum absolute atomic E-state index is 0.437. The van der Waals surface area contributed by atoms with Crippen LogP contribution in [0.3, 0.4) is 0 Å². The molecule has 0 unspecified atom stereocenters. The molecule has 1 aliphatic heterocycles. The Labute approximate surface area is 195 Å². The van der Waals surface area contributed by atoms with Gasteiger partial charge in [0.2, 0.25) is 0 Å². The maximum absolute atomic E-state index is 6.22. The van der Waals surface area contributed by atoms with Crippen molar-refractivity contribution >= 4 is 0 Å². The van der Waals surface area contributed by atoms with Crippen LogP contribution in [-0.2, 0) is 27.1 Å². The van der Waals surface area contributed by atoms with Gasteiger partial charge in [-0.2, -0.15) is 0 Å². The van der Waals surface area contributed by atoms with Crippen molar-refractivity contribution < 1.29 is 23.7 Å². The number of rotatable bonds is 0. The predicted octanol–water partition coefficient (Wildman–Crippen LogP) is 3.84. The highest BCUT2D eigenvalue weighted by Gasteiger charge is 2.20. The molecule has 0 spiro atoms. The van der Waals surface area contributed by atoms with Gasteiger partial charge in [-0.25, -0.2) is 0 Å². The smallest absolute Gasteiger partial charge is 0.127 e. The monoisotopic (exact) mass is 444 g/mol. The van der Waals surface area contributed by atoms with E-state index < -0.39 is 0 Å². The van der Waals surface area contributed by atoms with Crippen molar-refractivity contribution in [1.29, 1.82) is 0 Å². The summed E-state index contributed by atoms with van der Waals surface area (Å²) >= 11 is 0. The fourth-order valence-corrected chi connectivity index (χ4v) is 3.71. The number of hydrogen-bond donors (Lipinski definition) is 0.